The second-order valence-corrected chi connectivity index (χ2v) is 7.26. The molecule has 0 aliphatic carbocycles. The topological polar surface area (TPSA) is 30.2 Å². The van der Waals surface area contributed by atoms with Crippen molar-refractivity contribution >= 4 is 5.65 Å². The zero-order valence-corrected chi connectivity index (χ0v) is 12.3. The van der Waals surface area contributed by atoms with Gasteiger partial charge in [0.05, 0.1) is 0 Å². The van der Waals surface area contributed by atoms with E-state index in [9.17, 15) is 0 Å². The number of rotatable bonds is 1. The predicted octanol–water partition coefficient (Wildman–Crippen LogP) is 3.62. The number of hydrogen-bond acceptors (Lipinski definition) is 2. The molecule has 0 N–H and O–H groups in total. The lowest BCUT2D eigenvalue weighted by Gasteiger charge is -2.17. The number of pyridine rings is 1. The molecule has 0 amide bonds. The average molecular weight is 245 g/mol. The second kappa shape index (κ2) is 4.08. The molecule has 0 radical (unpaired) electrons. The van der Waals surface area contributed by atoms with Crippen LogP contribution >= 0.6 is 0 Å². The number of fused-ring (bicyclic) bond motifs is 1. The van der Waals surface area contributed by atoms with Crippen LogP contribution in [0.4, 0.5) is 0 Å². The lowest BCUT2D eigenvalue weighted by atomic mass is 9.88. The van der Waals surface area contributed by atoms with Gasteiger partial charge in [-0.15, -0.1) is 0 Å². The Kier molecular flexibility index (Phi) is 2.96. The molecule has 2 aromatic heterocycles. The minimum absolute atomic E-state index is 0.00376. The van der Waals surface area contributed by atoms with Gasteiger partial charge in [-0.3, -0.25) is 0 Å². The largest absolute Gasteiger partial charge is 0.221 e. The lowest BCUT2D eigenvalue weighted by Crippen LogP contribution is -2.13. The van der Waals surface area contributed by atoms with Crippen LogP contribution in [0.2, 0.25) is 0 Å². The van der Waals surface area contributed by atoms with Crippen molar-refractivity contribution in [3.05, 3.63) is 29.7 Å². The van der Waals surface area contributed by atoms with Crippen molar-refractivity contribution in [3.8, 4) is 0 Å². The zero-order valence-electron chi connectivity index (χ0n) is 12.3. The van der Waals surface area contributed by atoms with Gasteiger partial charge in [0.2, 0.25) is 0 Å². The maximum Gasteiger partial charge on any atom is 0.157 e. The van der Waals surface area contributed by atoms with Crippen LogP contribution in [0, 0.1) is 5.41 Å². The summed E-state index contributed by atoms with van der Waals surface area (Å²) in [7, 11) is 0. The smallest absolute Gasteiger partial charge is 0.157 e. The molecule has 0 fully saturated rings. The molecule has 0 bridgehead atoms. The van der Waals surface area contributed by atoms with Crippen molar-refractivity contribution in [1.82, 2.24) is 14.6 Å². The molecule has 2 heterocycles. The molecule has 3 heteroatoms. The van der Waals surface area contributed by atoms with E-state index in [-0.39, 0.29) is 5.41 Å². The molecule has 0 saturated heterocycles. The molecule has 18 heavy (non-hydrogen) atoms. The number of nitrogens with zero attached hydrogens (tertiary/aromatic N) is 3. The summed E-state index contributed by atoms with van der Waals surface area (Å²) in [5.74, 6) is 0.899. The van der Waals surface area contributed by atoms with Crippen molar-refractivity contribution in [3.63, 3.8) is 0 Å². The van der Waals surface area contributed by atoms with Gasteiger partial charge in [0, 0.05) is 11.6 Å². The Labute approximate surface area is 109 Å². The molecule has 0 atom stereocenters. The summed E-state index contributed by atoms with van der Waals surface area (Å²) in [5, 5.41) is 4.53. The molecule has 0 saturated carbocycles. The maximum atomic E-state index is 4.63. The van der Waals surface area contributed by atoms with Crippen LogP contribution < -0.4 is 0 Å². The van der Waals surface area contributed by atoms with E-state index < -0.39 is 0 Å². The monoisotopic (exact) mass is 245 g/mol. The Bertz CT molecular complexity index is 553. The standard InChI is InChI=1S/C15H23N3/c1-14(2,3)10-11-7-8-18-12(9-11)16-13(17-18)15(4,5)6/h7-9H,10H2,1-6H3. The third-order valence-electron chi connectivity index (χ3n) is 2.81. The summed E-state index contributed by atoms with van der Waals surface area (Å²) in [6.07, 6.45) is 3.07. The van der Waals surface area contributed by atoms with Crippen LogP contribution in [0.1, 0.15) is 52.9 Å². The van der Waals surface area contributed by atoms with E-state index in [0.717, 1.165) is 17.9 Å². The predicted molar refractivity (Wildman–Crippen MR) is 74.8 cm³/mol. The highest BCUT2D eigenvalue weighted by atomic mass is 15.3. The second-order valence-electron chi connectivity index (χ2n) is 7.26. The van der Waals surface area contributed by atoms with E-state index in [0.29, 0.717) is 5.41 Å². The van der Waals surface area contributed by atoms with E-state index >= 15 is 0 Å². The van der Waals surface area contributed by atoms with Crippen molar-refractivity contribution in [2.45, 2.75) is 53.4 Å². The molecule has 2 aromatic rings. The van der Waals surface area contributed by atoms with Gasteiger partial charge in [0.15, 0.2) is 11.5 Å². The van der Waals surface area contributed by atoms with Gasteiger partial charge in [0.1, 0.15) is 0 Å². The average Bonchev–Trinajstić information content (AvgIpc) is 2.57. The maximum absolute atomic E-state index is 4.63. The molecule has 0 unspecified atom stereocenters. The van der Waals surface area contributed by atoms with Crippen LogP contribution in [0.5, 0.6) is 0 Å². The van der Waals surface area contributed by atoms with Gasteiger partial charge in [-0.05, 0) is 29.5 Å². The third-order valence-corrected chi connectivity index (χ3v) is 2.81. The number of hydrogen-bond donors (Lipinski definition) is 0. The summed E-state index contributed by atoms with van der Waals surface area (Å²) in [6, 6.07) is 4.28. The summed E-state index contributed by atoms with van der Waals surface area (Å²) < 4.78 is 1.87. The quantitative estimate of drug-likeness (QED) is 0.768. The fourth-order valence-electron chi connectivity index (χ4n) is 1.96. The summed E-state index contributed by atoms with van der Waals surface area (Å²) in [6.45, 7) is 13.2. The highest BCUT2D eigenvalue weighted by Crippen LogP contribution is 2.22. The van der Waals surface area contributed by atoms with Gasteiger partial charge in [0.25, 0.3) is 0 Å². The SMILES string of the molecule is CC(C)(C)Cc1ccn2nc(C(C)(C)C)nc2c1. The molecule has 3 nitrogen and oxygen atoms in total. The molecule has 98 valence electrons. The molecular weight excluding hydrogens is 222 g/mol. The highest BCUT2D eigenvalue weighted by molar-refractivity contribution is 5.41. The number of aromatic nitrogens is 3. The molecule has 0 aromatic carbocycles. The van der Waals surface area contributed by atoms with E-state index in [4.69, 9.17) is 0 Å². The first-order valence-corrected chi connectivity index (χ1v) is 6.51. The summed E-state index contributed by atoms with van der Waals surface area (Å²) in [5.41, 5.74) is 2.56. The molecular formula is C15H23N3. The zero-order chi connectivity index (χ0) is 13.6. The minimum Gasteiger partial charge on any atom is -0.221 e. The van der Waals surface area contributed by atoms with Crippen LogP contribution in [0.25, 0.3) is 5.65 Å². The van der Waals surface area contributed by atoms with E-state index in [1.165, 1.54) is 5.56 Å². The van der Waals surface area contributed by atoms with Crippen molar-refractivity contribution < 1.29 is 0 Å². The Morgan fingerprint density at radius 2 is 1.78 bits per heavy atom. The minimum atomic E-state index is -0.00376. The van der Waals surface area contributed by atoms with Crippen LogP contribution in [-0.4, -0.2) is 14.6 Å². The Balaban J connectivity index is 2.40. The van der Waals surface area contributed by atoms with Gasteiger partial charge in [-0.25, -0.2) is 9.50 Å². The van der Waals surface area contributed by atoms with Gasteiger partial charge >= 0.3 is 0 Å². The van der Waals surface area contributed by atoms with Gasteiger partial charge < -0.3 is 0 Å². The molecule has 2 rings (SSSR count). The van der Waals surface area contributed by atoms with Crippen LogP contribution in [0.15, 0.2) is 18.3 Å². The highest BCUT2D eigenvalue weighted by Gasteiger charge is 2.20. The lowest BCUT2D eigenvalue weighted by molar-refractivity contribution is 0.411. The molecule has 0 spiro atoms. The van der Waals surface area contributed by atoms with Crippen molar-refractivity contribution in [1.29, 1.82) is 0 Å². The summed E-state index contributed by atoms with van der Waals surface area (Å²) in [4.78, 5) is 4.63. The van der Waals surface area contributed by atoms with Gasteiger partial charge in [-0.1, -0.05) is 41.5 Å². The fraction of sp³-hybridized carbons (Fsp3) is 0.600. The third kappa shape index (κ3) is 2.89. The van der Waals surface area contributed by atoms with Crippen molar-refractivity contribution in [2.24, 2.45) is 5.41 Å². The fourth-order valence-corrected chi connectivity index (χ4v) is 1.96. The van der Waals surface area contributed by atoms with Crippen molar-refractivity contribution in [2.75, 3.05) is 0 Å². The van der Waals surface area contributed by atoms with E-state index in [2.05, 4.69) is 63.8 Å². The Morgan fingerprint density at radius 3 is 2.33 bits per heavy atom. The molecule has 0 aliphatic heterocycles. The summed E-state index contributed by atoms with van der Waals surface area (Å²) >= 11 is 0. The Morgan fingerprint density at radius 1 is 1.11 bits per heavy atom. The molecule has 0 aliphatic rings. The first-order chi connectivity index (χ1) is 8.15. The van der Waals surface area contributed by atoms with E-state index in [1.54, 1.807) is 0 Å². The normalized spacial score (nSPS) is 13.2. The Hall–Kier alpha value is -1.38. The van der Waals surface area contributed by atoms with E-state index in [1.807, 2.05) is 10.7 Å². The van der Waals surface area contributed by atoms with Crippen LogP contribution in [0.3, 0.4) is 0 Å². The van der Waals surface area contributed by atoms with Gasteiger partial charge in [-0.2, -0.15) is 5.10 Å². The first kappa shape index (κ1) is 13.1. The first-order valence-electron chi connectivity index (χ1n) is 6.51. The van der Waals surface area contributed by atoms with Crippen LogP contribution in [-0.2, 0) is 11.8 Å².